The number of H-pyrrole nitrogens is 1. The third-order valence-corrected chi connectivity index (χ3v) is 5.00. The maximum Gasteiger partial charge on any atom is 0.269 e. The second-order valence-corrected chi connectivity index (χ2v) is 7.24. The molecule has 0 saturated heterocycles. The van der Waals surface area contributed by atoms with Crippen molar-refractivity contribution in [1.82, 2.24) is 25.5 Å². The predicted molar refractivity (Wildman–Crippen MR) is 124 cm³/mol. The topological polar surface area (TPSA) is 95.6 Å². The molecule has 0 spiro atoms. The first kappa shape index (κ1) is 19.4. The van der Waals surface area contributed by atoms with Gasteiger partial charge in [0.05, 0.1) is 5.52 Å². The Balaban J connectivity index is 1.39. The molecule has 2 heterocycles. The van der Waals surface area contributed by atoms with Crippen molar-refractivity contribution in [3.05, 3.63) is 102 Å². The van der Waals surface area contributed by atoms with Crippen LogP contribution in [0.25, 0.3) is 22.3 Å². The monoisotopic (exact) mass is 420 g/mol. The highest BCUT2D eigenvalue weighted by molar-refractivity contribution is 5.94. The second kappa shape index (κ2) is 8.69. The molecule has 0 aliphatic carbocycles. The normalized spacial score (nSPS) is 10.8. The maximum absolute atomic E-state index is 12.5. The van der Waals surface area contributed by atoms with Crippen LogP contribution in [-0.2, 0) is 6.54 Å². The number of hydrogen-bond acceptors (Lipinski definition) is 5. The number of carbonyl (C=O) groups excluding carboxylic acids is 1. The number of carbonyl (C=O) groups is 1. The van der Waals surface area contributed by atoms with Gasteiger partial charge in [-0.2, -0.15) is 5.10 Å². The zero-order valence-electron chi connectivity index (χ0n) is 17.1. The molecule has 5 aromatic rings. The standard InChI is InChI=1S/C25H20N6O/c32-25(26-16-17-9-3-1-4-10-17)21-15-22(31-30-21)28-24-19-13-7-8-14-20(19)27-23(29-24)18-11-5-2-6-12-18/h1-15H,16H2,(H,26,32)(H2,27,28,29,30,31). The van der Waals surface area contributed by atoms with Crippen molar-refractivity contribution >= 4 is 28.4 Å². The van der Waals surface area contributed by atoms with E-state index in [1.165, 1.54) is 0 Å². The molecule has 3 N–H and O–H groups in total. The van der Waals surface area contributed by atoms with Gasteiger partial charge in [0, 0.05) is 23.6 Å². The zero-order valence-corrected chi connectivity index (χ0v) is 17.1. The van der Waals surface area contributed by atoms with Gasteiger partial charge in [0.15, 0.2) is 11.6 Å². The minimum absolute atomic E-state index is 0.230. The molecule has 2 aromatic heterocycles. The molecule has 0 bridgehead atoms. The lowest BCUT2D eigenvalue weighted by atomic mass is 10.2. The Morgan fingerprint density at radius 1 is 0.844 bits per heavy atom. The first-order valence-electron chi connectivity index (χ1n) is 10.2. The SMILES string of the molecule is O=C(NCc1ccccc1)c1cc(Nc2nc(-c3ccccc3)nc3ccccc23)n[nH]1. The van der Waals surface area contributed by atoms with Crippen LogP contribution in [0.3, 0.4) is 0 Å². The highest BCUT2D eigenvalue weighted by Crippen LogP contribution is 2.26. The zero-order chi connectivity index (χ0) is 21.8. The molecule has 0 fully saturated rings. The summed E-state index contributed by atoms with van der Waals surface area (Å²) in [6, 6.07) is 29.0. The van der Waals surface area contributed by atoms with E-state index in [0.29, 0.717) is 29.7 Å². The molecule has 1 amide bonds. The number of benzene rings is 3. The maximum atomic E-state index is 12.5. The first-order chi connectivity index (χ1) is 15.8. The average Bonchev–Trinajstić information content (AvgIpc) is 3.32. The lowest BCUT2D eigenvalue weighted by Gasteiger charge is -2.09. The summed E-state index contributed by atoms with van der Waals surface area (Å²) >= 11 is 0. The fraction of sp³-hybridized carbons (Fsp3) is 0.0400. The highest BCUT2D eigenvalue weighted by Gasteiger charge is 2.13. The Labute approximate surface area is 184 Å². The number of para-hydroxylation sites is 1. The van der Waals surface area contributed by atoms with Crippen LogP contribution in [-0.4, -0.2) is 26.1 Å². The number of fused-ring (bicyclic) bond motifs is 1. The molecule has 0 aliphatic rings. The van der Waals surface area contributed by atoms with Crippen molar-refractivity contribution in [2.75, 3.05) is 5.32 Å². The van der Waals surface area contributed by atoms with Gasteiger partial charge in [-0.25, -0.2) is 9.97 Å². The van der Waals surface area contributed by atoms with Crippen LogP contribution in [0.4, 0.5) is 11.6 Å². The molecule has 5 rings (SSSR count). The van der Waals surface area contributed by atoms with Crippen LogP contribution in [0.15, 0.2) is 91.0 Å². The molecule has 0 atom stereocenters. The summed E-state index contributed by atoms with van der Waals surface area (Å²) < 4.78 is 0. The summed E-state index contributed by atoms with van der Waals surface area (Å²) in [7, 11) is 0. The summed E-state index contributed by atoms with van der Waals surface area (Å²) in [4.78, 5) is 21.9. The number of anilines is 2. The molecule has 3 aromatic carbocycles. The fourth-order valence-electron chi connectivity index (χ4n) is 3.39. The van der Waals surface area contributed by atoms with Gasteiger partial charge in [-0.05, 0) is 17.7 Å². The Kier molecular flexibility index (Phi) is 5.28. The third-order valence-electron chi connectivity index (χ3n) is 5.00. The quantitative estimate of drug-likeness (QED) is 0.370. The molecular weight excluding hydrogens is 400 g/mol. The van der Waals surface area contributed by atoms with E-state index in [0.717, 1.165) is 22.0 Å². The van der Waals surface area contributed by atoms with Gasteiger partial charge in [-0.15, -0.1) is 0 Å². The van der Waals surface area contributed by atoms with Gasteiger partial charge in [0.2, 0.25) is 0 Å². The summed E-state index contributed by atoms with van der Waals surface area (Å²) in [6.45, 7) is 0.443. The number of amides is 1. The van der Waals surface area contributed by atoms with E-state index in [4.69, 9.17) is 9.97 Å². The lowest BCUT2D eigenvalue weighted by Crippen LogP contribution is -2.23. The van der Waals surface area contributed by atoms with Gasteiger partial charge >= 0.3 is 0 Å². The van der Waals surface area contributed by atoms with Crippen molar-refractivity contribution < 1.29 is 4.79 Å². The van der Waals surface area contributed by atoms with Crippen molar-refractivity contribution in [2.45, 2.75) is 6.54 Å². The van der Waals surface area contributed by atoms with E-state index in [1.54, 1.807) is 6.07 Å². The van der Waals surface area contributed by atoms with Gasteiger partial charge in [0.1, 0.15) is 11.5 Å². The van der Waals surface area contributed by atoms with Gasteiger partial charge in [0.25, 0.3) is 5.91 Å². The molecule has 0 aliphatic heterocycles. The van der Waals surface area contributed by atoms with Crippen LogP contribution < -0.4 is 10.6 Å². The molecule has 7 heteroatoms. The third kappa shape index (κ3) is 4.17. The summed E-state index contributed by atoms with van der Waals surface area (Å²) in [5, 5.41) is 14.0. The van der Waals surface area contributed by atoms with E-state index >= 15 is 0 Å². The smallest absolute Gasteiger partial charge is 0.269 e. The lowest BCUT2D eigenvalue weighted by molar-refractivity contribution is 0.0946. The summed E-state index contributed by atoms with van der Waals surface area (Å²) in [5.41, 5.74) is 3.13. The molecule has 0 unspecified atom stereocenters. The van der Waals surface area contributed by atoms with Crippen molar-refractivity contribution in [3.63, 3.8) is 0 Å². The van der Waals surface area contributed by atoms with Crippen molar-refractivity contribution in [3.8, 4) is 11.4 Å². The number of aromatic nitrogens is 4. The Bertz CT molecular complexity index is 1370. The molecule has 32 heavy (non-hydrogen) atoms. The minimum atomic E-state index is -0.230. The van der Waals surface area contributed by atoms with Gasteiger partial charge < -0.3 is 10.6 Å². The fourth-order valence-corrected chi connectivity index (χ4v) is 3.39. The number of nitrogens with one attached hydrogen (secondary N) is 3. The van der Waals surface area contributed by atoms with E-state index in [-0.39, 0.29) is 5.91 Å². The molecular formula is C25H20N6O. The van der Waals surface area contributed by atoms with Crippen molar-refractivity contribution in [2.24, 2.45) is 0 Å². The number of nitrogens with zero attached hydrogens (tertiary/aromatic N) is 3. The average molecular weight is 420 g/mol. The second-order valence-electron chi connectivity index (χ2n) is 7.24. The Morgan fingerprint density at radius 2 is 1.56 bits per heavy atom. The molecule has 0 radical (unpaired) electrons. The highest BCUT2D eigenvalue weighted by atomic mass is 16.1. The van der Waals surface area contributed by atoms with Crippen LogP contribution in [0.5, 0.6) is 0 Å². The largest absolute Gasteiger partial charge is 0.347 e. The molecule has 7 nitrogen and oxygen atoms in total. The van der Waals surface area contributed by atoms with E-state index in [2.05, 4.69) is 20.8 Å². The van der Waals surface area contributed by atoms with E-state index in [1.807, 2.05) is 84.9 Å². The summed E-state index contributed by atoms with van der Waals surface area (Å²) in [6.07, 6.45) is 0. The van der Waals surface area contributed by atoms with Crippen LogP contribution in [0.2, 0.25) is 0 Å². The van der Waals surface area contributed by atoms with Gasteiger partial charge in [-0.3, -0.25) is 9.89 Å². The molecule has 156 valence electrons. The predicted octanol–water partition coefficient (Wildman–Crippen LogP) is 4.69. The van der Waals surface area contributed by atoms with Crippen LogP contribution >= 0.6 is 0 Å². The van der Waals surface area contributed by atoms with E-state index < -0.39 is 0 Å². The van der Waals surface area contributed by atoms with E-state index in [9.17, 15) is 4.79 Å². The minimum Gasteiger partial charge on any atom is -0.347 e. The van der Waals surface area contributed by atoms with Gasteiger partial charge in [-0.1, -0.05) is 72.8 Å². The van der Waals surface area contributed by atoms with Crippen LogP contribution in [0, 0.1) is 0 Å². The number of aromatic amines is 1. The van der Waals surface area contributed by atoms with Crippen LogP contribution in [0.1, 0.15) is 16.1 Å². The first-order valence-corrected chi connectivity index (χ1v) is 10.2. The number of hydrogen-bond donors (Lipinski definition) is 3. The molecule has 0 saturated carbocycles. The van der Waals surface area contributed by atoms with Crippen molar-refractivity contribution in [1.29, 1.82) is 0 Å². The summed E-state index contributed by atoms with van der Waals surface area (Å²) in [5.74, 6) is 1.50. The Morgan fingerprint density at radius 3 is 2.38 bits per heavy atom. The Hall–Kier alpha value is -4.52. The number of rotatable bonds is 6.